The normalized spacial score (nSPS) is 12.5. The first-order chi connectivity index (χ1) is 7.90. The largest absolute Gasteiger partial charge is 0.389 e. The van der Waals surface area contributed by atoms with Gasteiger partial charge in [0.25, 0.3) is 0 Å². The van der Waals surface area contributed by atoms with E-state index in [1.54, 1.807) is 0 Å². The highest BCUT2D eigenvalue weighted by Gasteiger charge is 2.09. The molecular formula is C14H22N2S. The van der Waals surface area contributed by atoms with Crippen LogP contribution in [0.4, 0.5) is 5.69 Å². The van der Waals surface area contributed by atoms with Gasteiger partial charge in [-0.05, 0) is 43.9 Å². The van der Waals surface area contributed by atoms with Crippen LogP contribution in [0.1, 0.15) is 38.3 Å². The molecule has 0 amide bonds. The Bertz CT molecular complexity index is 399. The molecule has 0 aliphatic rings. The van der Waals surface area contributed by atoms with Gasteiger partial charge < -0.3 is 11.1 Å². The lowest BCUT2D eigenvalue weighted by Crippen LogP contribution is -2.21. The van der Waals surface area contributed by atoms with Gasteiger partial charge >= 0.3 is 0 Å². The molecule has 1 rings (SSSR count). The summed E-state index contributed by atoms with van der Waals surface area (Å²) >= 11 is 5.07. The van der Waals surface area contributed by atoms with Crippen LogP contribution < -0.4 is 11.1 Å². The zero-order valence-corrected chi connectivity index (χ0v) is 11.9. The molecule has 0 aliphatic carbocycles. The van der Waals surface area contributed by atoms with Crippen molar-refractivity contribution in [3.63, 3.8) is 0 Å². The second kappa shape index (κ2) is 6.01. The first kappa shape index (κ1) is 14.0. The monoisotopic (exact) mass is 250 g/mol. The number of rotatable bonds is 5. The summed E-state index contributed by atoms with van der Waals surface area (Å²) in [6.07, 6.45) is 1.13. The van der Waals surface area contributed by atoms with Crippen LogP contribution in [0, 0.1) is 12.8 Å². The summed E-state index contributed by atoms with van der Waals surface area (Å²) < 4.78 is 0. The average molecular weight is 250 g/mol. The zero-order valence-electron chi connectivity index (χ0n) is 11.1. The zero-order chi connectivity index (χ0) is 13.0. The minimum Gasteiger partial charge on any atom is -0.389 e. The molecule has 0 bridgehead atoms. The molecule has 1 unspecified atom stereocenters. The molecule has 0 radical (unpaired) electrons. The third-order valence-corrected chi connectivity index (χ3v) is 2.89. The van der Waals surface area contributed by atoms with E-state index in [0.717, 1.165) is 17.7 Å². The molecule has 0 fully saturated rings. The minimum atomic E-state index is 0.421. The maximum atomic E-state index is 5.73. The average Bonchev–Trinajstić information content (AvgIpc) is 2.15. The van der Waals surface area contributed by atoms with Crippen molar-refractivity contribution >= 4 is 22.9 Å². The summed E-state index contributed by atoms with van der Waals surface area (Å²) in [6, 6.07) is 6.55. The number of nitrogens with two attached hydrogens (primary N) is 1. The number of aryl methyl sites for hydroxylation is 1. The van der Waals surface area contributed by atoms with E-state index in [9.17, 15) is 0 Å². The molecular weight excluding hydrogens is 228 g/mol. The molecule has 0 aliphatic heterocycles. The number of hydrogen-bond donors (Lipinski definition) is 2. The van der Waals surface area contributed by atoms with E-state index in [1.807, 2.05) is 12.1 Å². The molecule has 3 N–H and O–H groups in total. The van der Waals surface area contributed by atoms with Crippen molar-refractivity contribution in [1.29, 1.82) is 0 Å². The van der Waals surface area contributed by atoms with Crippen molar-refractivity contribution in [2.45, 2.75) is 40.2 Å². The Morgan fingerprint density at radius 3 is 2.53 bits per heavy atom. The molecule has 2 nitrogen and oxygen atoms in total. The lowest BCUT2D eigenvalue weighted by Gasteiger charge is -2.19. The molecule has 0 saturated heterocycles. The minimum absolute atomic E-state index is 0.421. The number of benzene rings is 1. The standard InChI is InChI=1S/C14H22N2S/c1-9(2)7-11(4)16-13-8-10(3)5-6-12(13)14(15)17/h5-6,8-9,11,16H,7H2,1-4H3,(H2,15,17). The van der Waals surface area contributed by atoms with Gasteiger partial charge in [-0.3, -0.25) is 0 Å². The fourth-order valence-corrected chi connectivity index (χ4v) is 2.20. The molecule has 94 valence electrons. The molecule has 0 spiro atoms. The van der Waals surface area contributed by atoms with Crippen molar-refractivity contribution in [3.05, 3.63) is 29.3 Å². The fraction of sp³-hybridized carbons (Fsp3) is 0.500. The number of nitrogens with one attached hydrogen (secondary N) is 1. The predicted octanol–water partition coefficient (Wildman–Crippen LogP) is 3.48. The molecule has 17 heavy (non-hydrogen) atoms. The van der Waals surface area contributed by atoms with Gasteiger partial charge in [0.2, 0.25) is 0 Å². The van der Waals surface area contributed by atoms with Gasteiger partial charge in [-0.15, -0.1) is 0 Å². The van der Waals surface area contributed by atoms with Crippen LogP contribution in [0.25, 0.3) is 0 Å². The molecule has 0 saturated carbocycles. The molecule has 0 heterocycles. The number of hydrogen-bond acceptors (Lipinski definition) is 2. The highest BCUT2D eigenvalue weighted by atomic mass is 32.1. The Morgan fingerprint density at radius 1 is 1.35 bits per heavy atom. The van der Waals surface area contributed by atoms with E-state index >= 15 is 0 Å². The van der Waals surface area contributed by atoms with Crippen LogP contribution in [-0.2, 0) is 0 Å². The smallest absolute Gasteiger partial charge is 0.106 e. The van der Waals surface area contributed by atoms with Gasteiger partial charge in [-0.25, -0.2) is 0 Å². The van der Waals surface area contributed by atoms with Crippen molar-refractivity contribution in [2.24, 2.45) is 11.7 Å². The molecule has 0 aromatic heterocycles. The van der Waals surface area contributed by atoms with Crippen LogP contribution in [0.2, 0.25) is 0 Å². The fourth-order valence-electron chi connectivity index (χ4n) is 2.02. The lowest BCUT2D eigenvalue weighted by molar-refractivity contribution is 0.540. The highest BCUT2D eigenvalue weighted by Crippen LogP contribution is 2.20. The number of anilines is 1. The second-order valence-electron chi connectivity index (χ2n) is 5.09. The summed E-state index contributed by atoms with van der Waals surface area (Å²) in [5.41, 5.74) is 8.92. The first-order valence-electron chi connectivity index (χ1n) is 6.07. The van der Waals surface area contributed by atoms with E-state index in [0.29, 0.717) is 16.9 Å². The molecule has 1 aromatic rings. The molecule has 1 aromatic carbocycles. The van der Waals surface area contributed by atoms with Crippen LogP contribution in [-0.4, -0.2) is 11.0 Å². The Balaban J connectivity index is 2.88. The van der Waals surface area contributed by atoms with Gasteiger partial charge in [0, 0.05) is 17.3 Å². The van der Waals surface area contributed by atoms with Gasteiger partial charge in [-0.1, -0.05) is 32.1 Å². The Kier molecular flexibility index (Phi) is 4.94. The van der Waals surface area contributed by atoms with E-state index in [4.69, 9.17) is 18.0 Å². The maximum absolute atomic E-state index is 5.73. The second-order valence-corrected chi connectivity index (χ2v) is 5.53. The quantitative estimate of drug-likeness (QED) is 0.786. The Labute approximate surface area is 110 Å². The highest BCUT2D eigenvalue weighted by molar-refractivity contribution is 7.80. The first-order valence-corrected chi connectivity index (χ1v) is 6.48. The van der Waals surface area contributed by atoms with Crippen LogP contribution in [0.3, 0.4) is 0 Å². The van der Waals surface area contributed by atoms with Crippen LogP contribution in [0.15, 0.2) is 18.2 Å². The van der Waals surface area contributed by atoms with Crippen LogP contribution >= 0.6 is 12.2 Å². The summed E-state index contributed by atoms with van der Waals surface area (Å²) in [5, 5.41) is 3.50. The van der Waals surface area contributed by atoms with Gasteiger partial charge in [0.1, 0.15) is 4.99 Å². The van der Waals surface area contributed by atoms with Crippen molar-refractivity contribution < 1.29 is 0 Å². The third-order valence-electron chi connectivity index (χ3n) is 2.67. The SMILES string of the molecule is Cc1ccc(C(N)=S)c(NC(C)CC(C)C)c1. The van der Waals surface area contributed by atoms with Crippen molar-refractivity contribution in [2.75, 3.05) is 5.32 Å². The van der Waals surface area contributed by atoms with Crippen molar-refractivity contribution in [3.8, 4) is 0 Å². The molecule has 3 heteroatoms. The van der Waals surface area contributed by atoms with Crippen molar-refractivity contribution in [1.82, 2.24) is 0 Å². The van der Waals surface area contributed by atoms with Gasteiger partial charge in [0.05, 0.1) is 0 Å². The van der Waals surface area contributed by atoms with E-state index in [1.165, 1.54) is 5.56 Å². The van der Waals surface area contributed by atoms with Crippen LogP contribution in [0.5, 0.6) is 0 Å². The van der Waals surface area contributed by atoms with Gasteiger partial charge in [-0.2, -0.15) is 0 Å². The van der Waals surface area contributed by atoms with Gasteiger partial charge in [0.15, 0.2) is 0 Å². The third kappa shape index (κ3) is 4.35. The summed E-state index contributed by atoms with van der Waals surface area (Å²) in [7, 11) is 0. The summed E-state index contributed by atoms with van der Waals surface area (Å²) in [4.78, 5) is 0.448. The number of thiocarbonyl (C=S) groups is 1. The lowest BCUT2D eigenvalue weighted by atomic mass is 10.0. The van der Waals surface area contributed by atoms with E-state index in [2.05, 4.69) is 39.1 Å². The van der Waals surface area contributed by atoms with E-state index < -0.39 is 0 Å². The maximum Gasteiger partial charge on any atom is 0.106 e. The Morgan fingerprint density at radius 2 is 2.00 bits per heavy atom. The predicted molar refractivity (Wildman–Crippen MR) is 79.6 cm³/mol. The summed E-state index contributed by atoms with van der Waals surface area (Å²) in [6.45, 7) is 8.71. The summed E-state index contributed by atoms with van der Waals surface area (Å²) in [5.74, 6) is 0.676. The van der Waals surface area contributed by atoms with E-state index in [-0.39, 0.29) is 0 Å². The topological polar surface area (TPSA) is 38.0 Å². The Hall–Kier alpha value is -1.09. The molecule has 1 atom stereocenters.